The number of rotatable bonds is 9. The topological polar surface area (TPSA) is 87.2 Å². The predicted molar refractivity (Wildman–Crippen MR) is 103 cm³/mol. The maximum absolute atomic E-state index is 12.8. The zero-order chi connectivity index (χ0) is 20.0. The Hall–Kier alpha value is -2.58. The molecule has 0 spiro atoms. The number of hydroxylamine groups is 2. The second-order valence-corrected chi connectivity index (χ2v) is 8.21. The Labute approximate surface area is 159 Å². The first-order valence-electron chi connectivity index (χ1n) is 8.44. The molecule has 0 aromatic heterocycles. The summed E-state index contributed by atoms with van der Waals surface area (Å²) in [5, 5.41) is 10.3. The number of carbonyl (C=O) groups is 1. The molecule has 0 aliphatic heterocycles. The third kappa shape index (κ3) is 5.21. The van der Waals surface area contributed by atoms with Gasteiger partial charge >= 0.3 is 0 Å². The van der Waals surface area contributed by atoms with Crippen molar-refractivity contribution in [2.75, 3.05) is 31.4 Å². The van der Waals surface area contributed by atoms with Gasteiger partial charge in [-0.3, -0.25) is 10.0 Å². The van der Waals surface area contributed by atoms with Crippen LogP contribution in [-0.4, -0.2) is 51.6 Å². The lowest BCUT2D eigenvalue weighted by Crippen LogP contribution is -2.30. The molecule has 146 valence electrons. The van der Waals surface area contributed by atoms with Crippen LogP contribution < -0.4 is 9.64 Å². The van der Waals surface area contributed by atoms with Gasteiger partial charge in [-0.25, -0.2) is 13.5 Å². The smallest absolute Gasteiger partial charge is 0.233 e. The number of hydrogen-bond donors (Lipinski definition) is 1. The van der Waals surface area contributed by atoms with Crippen molar-refractivity contribution in [3.63, 3.8) is 0 Å². The maximum atomic E-state index is 12.8. The molecule has 0 aliphatic rings. The molecule has 2 aromatic carbocycles. The largest absolute Gasteiger partial charge is 0.494 e. The molecule has 0 radical (unpaired) electrons. The molecule has 1 N–H and O–H groups in total. The van der Waals surface area contributed by atoms with E-state index in [0.717, 1.165) is 5.69 Å². The third-order valence-corrected chi connectivity index (χ3v) is 5.84. The van der Waals surface area contributed by atoms with Crippen LogP contribution >= 0.6 is 0 Å². The van der Waals surface area contributed by atoms with E-state index in [4.69, 9.17) is 4.74 Å². The van der Waals surface area contributed by atoms with E-state index in [9.17, 15) is 18.4 Å². The first kappa shape index (κ1) is 20.7. The van der Waals surface area contributed by atoms with Crippen LogP contribution in [0.2, 0.25) is 0 Å². The summed E-state index contributed by atoms with van der Waals surface area (Å²) in [4.78, 5) is 13.1. The minimum Gasteiger partial charge on any atom is -0.494 e. The average Bonchev–Trinajstić information content (AvgIpc) is 2.66. The number of benzene rings is 2. The lowest BCUT2D eigenvalue weighted by molar-refractivity contribution is -0.158. The predicted octanol–water partition coefficient (Wildman–Crippen LogP) is 2.51. The van der Waals surface area contributed by atoms with Crippen molar-refractivity contribution in [1.29, 1.82) is 0 Å². The Morgan fingerprint density at radius 1 is 1.07 bits per heavy atom. The molecule has 0 saturated heterocycles. The molecule has 0 bridgehead atoms. The van der Waals surface area contributed by atoms with Gasteiger partial charge in [0, 0.05) is 19.8 Å². The second kappa shape index (κ2) is 8.88. The quantitative estimate of drug-likeness (QED) is 0.401. The van der Waals surface area contributed by atoms with Crippen LogP contribution in [0, 0.1) is 0 Å². The van der Waals surface area contributed by atoms with Crippen LogP contribution in [-0.2, 0) is 14.6 Å². The fraction of sp³-hybridized carbons (Fsp3) is 0.316. The van der Waals surface area contributed by atoms with E-state index >= 15 is 0 Å². The van der Waals surface area contributed by atoms with Gasteiger partial charge in [0.25, 0.3) is 0 Å². The fourth-order valence-corrected chi connectivity index (χ4v) is 4.11. The zero-order valence-corrected chi connectivity index (χ0v) is 16.4. The van der Waals surface area contributed by atoms with E-state index in [2.05, 4.69) is 0 Å². The number of carbonyl (C=O) groups excluding carboxylic acids is 1. The van der Waals surface area contributed by atoms with Crippen LogP contribution in [0.3, 0.4) is 0 Å². The highest BCUT2D eigenvalue weighted by atomic mass is 32.2. The van der Waals surface area contributed by atoms with Crippen molar-refractivity contribution in [3.05, 3.63) is 54.1 Å². The number of sulfone groups is 1. The molecular weight excluding hydrogens is 368 g/mol. The molecule has 27 heavy (non-hydrogen) atoms. The van der Waals surface area contributed by atoms with E-state index in [-0.39, 0.29) is 11.3 Å². The molecule has 8 heteroatoms. The van der Waals surface area contributed by atoms with Crippen molar-refractivity contribution in [3.8, 4) is 5.75 Å². The van der Waals surface area contributed by atoms with Crippen LogP contribution in [0.25, 0.3) is 0 Å². The SMILES string of the molecule is CCOc1ccc(S(=O)(=O)CC(c2ccc(N(C)C)cc2)N(O)C=O)cc1. The molecule has 0 fully saturated rings. The van der Waals surface area contributed by atoms with Crippen molar-refractivity contribution in [1.82, 2.24) is 5.06 Å². The molecule has 7 nitrogen and oxygen atoms in total. The van der Waals surface area contributed by atoms with E-state index in [1.54, 1.807) is 36.4 Å². The van der Waals surface area contributed by atoms with Crippen molar-refractivity contribution >= 4 is 21.9 Å². The van der Waals surface area contributed by atoms with Gasteiger partial charge in [-0.2, -0.15) is 0 Å². The summed E-state index contributed by atoms with van der Waals surface area (Å²) in [6, 6.07) is 12.0. The van der Waals surface area contributed by atoms with Gasteiger partial charge in [0.15, 0.2) is 9.84 Å². The highest BCUT2D eigenvalue weighted by molar-refractivity contribution is 7.91. The monoisotopic (exact) mass is 392 g/mol. The summed E-state index contributed by atoms with van der Waals surface area (Å²) >= 11 is 0. The average molecular weight is 392 g/mol. The van der Waals surface area contributed by atoms with Crippen molar-refractivity contribution < 1.29 is 23.2 Å². The minimum atomic E-state index is -3.75. The molecular formula is C19H24N2O5S. The highest BCUT2D eigenvalue weighted by Crippen LogP contribution is 2.26. The second-order valence-electron chi connectivity index (χ2n) is 6.17. The lowest BCUT2D eigenvalue weighted by atomic mass is 10.1. The summed E-state index contributed by atoms with van der Waals surface area (Å²) in [5.41, 5.74) is 1.44. The fourth-order valence-electron chi connectivity index (χ4n) is 2.61. The Bertz CT molecular complexity index is 849. The van der Waals surface area contributed by atoms with Gasteiger partial charge in [0.1, 0.15) is 5.75 Å². The molecule has 1 unspecified atom stereocenters. The number of anilines is 1. The summed E-state index contributed by atoms with van der Waals surface area (Å²) in [5.74, 6) is 0.126. The van der Waals surface area contributed by atoms with Gasteiger partial charge in [-0.1, -0.05) is 12.1 Å². The standard InChI is InChI=1S/C19H24N2O5S/c1-4-26-17-9-11-18(12-10-17)27(24,25)13-19(21(23)14-22)15-5-7-16(8-6-15)20(2)3/h5-12,14,19,23H,4,13H2,1-3H3. The highest BCUT2D eigenvalue weighted by Gasteiger charge is 2.27. The maximum Gasteiger partial charge on any atom is 0.233 e. The number of ether oxygens (including phenoxy) is 1. The number of amides is 1. The van der Waals surface area contributed by atoms with Crippen molar-refractivity contribution in [2.24, 2.45) is 0 Å². The Morgan fingerprint density at radius 3 is 2.15 bits per heavy atom. The van der Waals surface area contributed by atoms with E-state index in [0.29, 0.717) is 23.0 Å². The summed E-state index contributed by atoms with van der Waals surface area (Å²) in [6.45, 7) is 2.32. The van der Waals surface area contributed by atoms with Gasteiger partial charge in [0.2, 0.25) is 6.41 Å². The van der Waals surface area contributed by atoms with E-state index in [1.807, 2.05) is 25.9 Å². The van der Waals surface area contributed by atoms with E-state index in [1.165, 1.54) is 12.1 Å². The molecule has 0 heterocycles. The van der Waals surface area contributed by atoms with Gasteiger partial charge in [0.05, 0.1) is 23.3 Å². The molecule has 2 aromatic rings. The first-order valence-corrected chi connectivity index (χ1v) is 10.1. The van der Waals surface area contributed by atoms with E-state index < -0.39 is 21.6 Å². The molecule has 2 rings (SSSR count). The summed E-state index contributed by atoms with van der Waals surface area (Å²) in [6.07, 6.45) is 0.207. The van der Waals surface area contributed by atoms with Gasteiger partial charge in [-0.05, 0) is 48.9 Å². The Kier molecular flexibility index (Phi) is 6.81. The van der Waals surface area contributed by atoms with Gasteiger partial charge < -0.3 is 9.64 Å². The first-order chi connectivity index (χ1) is 12.8. The molecule has 1 amide bonds. The molecule has 0 aliphatic carbocycles. The van der Waals surface area contributed by atoms with Crippen LogP contribution in [0.4, 0.5) is 5.69 Å². The summed E-state index contributed by atoms with van der Waals surface area (Å²) in [7, 11) is 0.0157. The number of hydrogen-bond acceptors (Lipinski definition) is 6. The third-order valence-electron chi connectivity index (χ3n) is 4.09. The molecule has 1 atom stereocenters. The normalized spacial score (nSPS) is 12.3. The van der Waals surface area contributed by atoms with Crippen molar-refractivity contribution in [2.45, 2.75) is 17.9 Å². The zero-order valence-electron chi connectivity index (χ0n) is 15.6. The summed E-state index contributed by atoms with van der Waals surface area (Å²) < 4.78 is 30.9. The molecule has 0 saturated carbocycles. The van der Waals surface area contributed by atoms with Crippen LogP contribution in [0.15, 0.2) is 53.4 Å². The van der Waals surface area contributed by atoms with Gasteiger partial charge in [-0.15, -0.1) is 0 Å². The lowest BCUT2D eigenvalue weighted by Gasteiger charge is -2.23. The van der Waals surface area contributed by atoms with Crippen LogP contribution in [0.5, 0.6) is 5.75 Å². The Morgan fingerprint density at radius 2 is 1.67 bits per heavy atom. The van der Waals surface area contributed by atoms with Crippen LogP contribution in [0.1, 0.15) is 18.5 Å². The minimum absolute atomic E-state index is 0.0974. The number of nitrogens with zero attached hydrogens (tertiary/aromatic N) is 2. The Balaban J connectivity index is 2.30.